The van der Waals surface area contributed by atoms with Gasteiger partial charge in [0.2, 0.25) is 0 Å². The molecule has 0 spiro atoms. The van der Waals surface area contributed by atoms with Gasteiger partial charge in [-0.25, -0.2) is 0 Å². The van der Waals surface area contributed by atoms with Gasteiger partial charge >= 0.3 is 0 Å². The minimum atomic E-state index is 0.557. The fourth-order valence-electron chi connectivity index (χ4n) is 2.79. The van der Waals surface area contributed by atoms with Crippen LogP contribution >= 0.6 is 0 Å². The first-order chi connectivity index (χ1) is 11.3. The van der Waals surface area contributed by atoms with Crippen LogP contribution in [-0.4, -0.2) is 13.1 Å². The van der Waals surface area contributed by atoms with Crippen LogP contribution < -0.4 is 5.32 Å². The van der Waals surface area contributed by atoms with Gasteiger partial charge in [-0.2, -0.15) is 0 Å². The molecule has 23 heavy (non-hydrogen) atoms. The second-order valence-electron chi connectivity index (χ2n) is 6.60. The summed E-state index contributed by atoms with van der Waals surface area (Å²) >= 11 is 0. The van der Waals surface area contributed by atoms with E-state index in [9.17, 15) is 0 Å². The Hall–Kier alpha value is -1.80. The summed E-state index contributed by atoms with van der Waals surface area (Å²) in [7, 11) is 0. The highest BCUT2D eigenvalue weighted by Crippen LogP contribution is 2.26. The van der Waals surface area contributed by atoms with Crippen LogP contribution in [0.5, 0.6) is 0 Å². The first-order valence-electron chi connectivity index (χ1n) is 8.82. The molecule has 1 aromatic heterocycles. The van der Waals surface area contributed by atoms with Gasteiger partial charge in [0, 0.05) is 12.3 Å². The van der Waals surface area contributed by atoms with E-state index in [2.05, 4.69) is 67.7 Å². The normalized spacial score (nSPS) is 13.0. The Labute approximate surface area is 140 Å². The fraction of sp³-hybridized carbons (Fsp3) is 0.429. The van der Waals surface area contributed by atoms with Crippen molar-refractivity contribution in [2.24, 2.45) is 5.92 Å². The van der Waals surface area contributed by atoms with E-state index in [-0.39, 0.29) is 0 Å². The standard InChI is InChI=1S/C21H29NO/c1-18(2)12-13-20(21-11-7-17-23-21)14-16-22-15-6-10-19-8-4-3-5-9-19/h3-11,17-18,20,22H,12-16H2,1-2H3/p+1/b10-6+/t20-/m0/s1. The Balaban J connectivity index is 1.70. The second kappa shape index (κ2) is 10.1. The monoisotopic (exact) mass is 312 g/mol. The van der Waals surface area contributed by atoms with Crippen molar-refractivity contribution in [2.45, 2.75) is 39.0 Å². The summed E-state index contributed by atoms with van der Waals surface area (Å²) in [4.78, 5) is 0. The molecule has 0 saturated carbocycles. The van der Waals surface area contributed by atoms with Crippen molar-refractivity contribution in [3.05, 3.63) is 66.1 Å². The van der Waals surface area contributed by atoms with E-state index in [4.69, 9.17) is 4.42 Å². The molecule has 0 amide bonds. The largest absolute Gasteiger partial charge is 0.469 e. The van der Waals surface area contributed by atoms with E-state index < -0.39 is 0 Å². The number of hydrogen-bond donors (Lipinski definition) is 1. The average molecular weight is 312 g/mol. The summed E-state index contributed by atoms with van der Waals surface area (Å²) in [5.41, 5.74) is 1.27. The van der Waals surface area contributed by atoms with Crippen LogP contribution in [0.3, 0.4) is 0 Å². The lowest BCUT2D eigenvalue weighted by Gasteiger charge is -2.15. The summed E-state index contributed by atoms with van der Waals surface area (Å²) in [5, 5.41) is 2.38. The van der Waals surface area contributed by atoms with Crippen molar-refractivity contribution in [2.75, 3.05) is 13.1 Å². The molecule has 124 valence electrons. The molecule has 0 radical (unpaired) electrons. The maximum absolute atomic E-state index is 5.64. The molecule has 0 fully saturated rings. The van der Waals surface area contributed by atoms with Gasteiger partial charge in [-0.05, 0) is 36.1 Å². The number of benzene rings is 1. The van der Waals surface area contributed by atoms with Crippen LogP contribution in [0.25, 0.3) is 6.08 Å². The molecular formula is C21H30NO+. The lowest BCUT2D eigenvalue weighted by atomic mass is 9.93. The Morgan fingerprint density at radius 3 is 2.52 bits per heavy atom. The third kappa shape index (κ3) is 6.87. The zero-order chi connectivity index (χ0) is 16.3. The molecule has 2 rings (SSSR count). The minimum Gasteiger partial charge on any atom is -0.469 e. The van der Waals surface area contributed by atoms with Gasteiger partial charge in [-0.1, -0.05) is 56.7 Å². The van der Waals surface area contributed by atoms with E-state index >= 15 is 0 Å². The zero-order valence-corrected chi connectivity index (χ0v) is 14.4. The highest BCUT2D eigenvalue weighted by Gasteiger charge is 2.15. The predicted octanol–water partition coefficient (Wildman–Crippen LogP) is 4.47. The van der Waals surface area contributed by atoms with Gasteiger partial charge in [0.15, 0.2) is 0 Å². The molecule has 2 heteroatoms. The number of rotatable bonds is 10. The molecule has 0 saturated heterocycles. The lowest BCUT2D eigenvalue weighted by Crippen LogP contribution is -2.84. The molecule has 1 heterocycles. The van der Waals surface area contributed by atoms with E-state index in [1.807, 2.05) is 6.07 Å². The van der Waals surface area contributed by atoms with Gasteiger partial charge < -0.3 is 9.73 Å². The van der Waals surface area contributed by atoms with Crippen LogP contribution in [0.2, 0.25) is 0 Å². The van der Waals surface area contributed by atoms with Gasteiger partial charge in [0.25, 0.3) is 0 Å². The van der Waals surface area contributed by atoms with E-state index in [0.717, 1.165) is 24.8 Å². The Morgan fingerprint density at radius 2 is 1.83 bits per heavy atom. The Bertz CT molecular complexity index is 542. The number of hydrogen-bond acceptors (Lipinski definition) is 1. The molecular weight excluding hydrogens is 282 g/mol. The second-order valence-corrected chi connectivity index (χ2v) is 6.60. The molecule has 2 N–H and O–H groups in total. The average Bonchev–Trinajstić information content (AvgIpc) is 3.08. The molecule has 2 aromatic rings. The predicted molar refractivity (Wildman–Crippen MR) is 97.3 cm³/mol. The molecule has 0 aliphatic heterocycles. The molecule has 2 nitrogen and oxygen atoms in total. The highest BCUT2D eigenvalue weighted by atomic mass is 16.3. The summed E-state index contributed by atoms with van der Waals surface area (Å²) in [6.45, 7) is 6.76. The van der Waals surface area contributed by atoms with E-state index in [0.29, 0.717) is 5.92 Å². The van der Waals surface area contributed by atoms with Crippen molar-refractivity contribution in [3.8, 4) is 0 Å². The van der Waals surface area contributed by atoms with Crippen LogP contribution in [0.1, 0.15) is 50.4 Å². The molecule has 0 aliphatic carbocycles. The van der Waals surface area contributed by atoms with Crippen molar-refractivity contribution < 1.29 is 9.73 Å². The summed E-state index contributed by atoms with van der Waals surface area (Å²) in [6.07, 6.45) is 9.90. The zero-order valence-electron chi connectivity index (χ0n) is 14.4. The van der Waals surface area contributed by atoms with Crippen LogP contribution in [0, 0.1) is 5.92 Å². The number of furan rings is 1. The van der Waals surface area contributed by atoms with E-state index in [1.165, 1.54) is 24.8 Å². The van der Waals surface area contributed by atoms with Gasteiger partial charge in [0.05, 0.1) is 19.4 Å². The van der Waals surface area contributed by atoms with Gasteiger partial charge in [0.1, 0.15) is 5.76 Å². The number of quaternary nitrogens is 1. The van der Waals surface area contributed by atoms with Crippen molar-refractivity contribution in [3.63, 3.8) is 0 Å². The maximum Gasteiger partial charge on any atom is 0.107 e. The third-order valence-corrected chi connectivity index (χ3v) is 4.17. The first kappa shape index (κ1) is 17.6. The Morgan fingerprint density at radius 1 is 1.00 bits per heavy atom. The molecule has 0 aliphatic rings. The van der Waals surface area contributed by atoms with Crippen LogP contribution in [-0.2, 0) is 0 Å². The first-order valence-corrected chi connectivity index (χ1v) is 8.82. The minimum absolute atomic E-state index is 0.557. The highest BCUT2D eigenvalue weighted by molar-refractivity contribution is 5.48. The summed E-state index contributed by atoms with van der Waals surface area (Å²) in [5.74, 6) is 2.46. The molecule has 0 unspecified atom stereocenters. The topological polar surface area (TPSA) is 29.8 Å². The Kier molecular flexibility index (Phi) is 7.68. The number of nitrogens with two attached hydrogens (primary N) is 1. The van der Waals surface area contributed by atoms with Crippen LogP contribution in [0.4, 0.5) is 0 Å². The van der Waals surface area contributed by atoms with Crippen LogP contribution in [0.15, 0.2) is 59.2 Å². The quantitative estimate of drug-likeness (QED) is 0.645. The SMILES string of the molecule is CC(C)CC[C@@H](CC[NH2+]C/C=C/c1ccccc1)c1ccco1. The smallest absolute Gasteiger partial charge is 0.107 e. The van der Waals surface area contributed by atoms with Crippen molar-refractivity contribution in [1.29, 1.82) is 0 Å². The van der Waals surface area contributed by atoms with Gasteiger partial charge in [-0.15, -0.1) is 0 Å². The molecule has 1 atom stereocenters. The summed E-state index contributed by atoms with van der Waals surface area (Å²) in [6, 6.07) is 14.6. The lowest BCUT2D eigenvalue weighted by molar-refractivity contribution is -0.646. The molecule has 0 bridgehead atoms. The van der Waals surface area contributed by atoms with Crippen molar-refractivity contribution >= 4 is 6.08 Å². The maximum atomic E-state index is 5.64. The van der Waals surface area contributed by atoms with Gasteiger partial charge in [-0.3, -0.25) is 0 Å². The van der Waals surface area contributed by atoms with Crippen molar-refractivity contribution in [1.82, 2.24) is 0 Å². The third-order valence-electron chi connectivity index (χ3n) is 4.17. The fourth-order valence-corrected chi connectivity index (χ4v) is 2.79. The van der Waals surface area contributed by atoms with E-state index in [1.54, 1.807) is 6.26 Å². The molecule has 1 aromatic carbocycles. The summed E-state index contributed by atoms with van der Waals surface area (Å²) < 4.78 is 5.64.